The second-order valence-electron chi connectivity index (χ2n) is 6.82. The van der Waals surface area contributed by atoms with E-state index >= 15 is 0 Å². The summed E-state index contributed by atoms with van der Waals surface area (Å²) in [6.07, 6.45) is 4.84. The van der Waals surface area contributed by atoms with Gasteiger partial charge < -0.3 is 15.0 Å². The van der Waals surface area contributed by atoms with E-state index in [9.17, 15) is 14.4 Å². The van der Waals surface area contributed by atoms with E-state index in [1.165, 1.54) is 13.1 Å². The van der Waals surface area contributed by atoms with E-state index in [1.54, 1.807) is 17.0 Å². The Morgan fingerprint density at radius 3 is 2.73 bits per heavy atom. The second kappa shape index (κ2) is 8.03. The lowest BCUT2D eigenvalue weighted by atomic mass is 10.1. The summed E-state index contributed by atoms with van der Waals surface area (Å²) >= 11 is 5.75. The maximum atomic E-state index is 12.3. The summed E-state index contributed by atoms with van der Waals surface area (Å²) in [4.78, 5) is 42.5. The number of carbonyl (C=O) groups excluding carboxylic acids is 3. The van der Waals surface area contributed by atoms with Crippen LogP contribution in [0.25, 0.3) is 0 Å². The third-order valence-electron chi connectivity index (χ3n) is 4.90. The molecule has 1 aliphatic carbocycles. The molecule has 2 fully saturated rings. The molecule has 3 rings (SSSR count). The Hall–Kier alpha value is -2.15. The summed E-state index contributed by atoms with van der Waals surface area (Å²) in [6.45, 7) is 1.88. The largest absolute Gasteiger partial charge is 0.452 e. The van der Waals surface area contributed by atoms with E-state index in [4.69, 9.17) is 16.3 Å². The van der Waals surface area contributed by atoms with Crippen molar-refractivity contribution in [1.82, 2.24) is 9.88 Å². The Labute approximate surface area is 157 Å². The number of hydrogen-bond acceptors (Lipinski definition) is 5. The lowest BCUT2D eigenvalue weighted by Gasteiger charge is -2.24. The fourth-order valence-electron chi connectivity index (χ4n) is 3.46. The molecule has 2 heterocycles. The van der Waals surface area contributed by atoms with Crippen molar-refractivity contribution in [2.75, 3.05) is 11.9 Å². The summed E-state index contributed by atoms with van der Waals surface area (Å²) in [6, 6.07) is 3.41. The molecule has 26 heavy (non-hydrogen) atoms. The average Bonchev–Trinajstić information content (AvgIpc) is 3.26. The van der Waals surface area contributed by atoms with Gasteiger partial charge in [-0.2, -0.15) is 0 Å². The van der Waals surface area contributed by atoms with Crippen molar-refractivity contribution in [1.29, 1.82) is 0 Å². The molecule has 1 aromatic heterocycles. The number of esters is 1. The van der Waals surface area contributed by atoms with Gasteiger partial charge in [0.2, 0.25) is 5.91 Å². The van der Waals surface area contributed by atoms with Crippen molar-refractivity contribution in [2.45, 2.75) is 51.2 Å². The first-order valence-corrected chi connectivity index (χ1v) is 9.24. The van der Waals surface area contributed by atoms with Gasteiger partial charge in [0.1, 0.15) is 5.82 Å². The molecule has 2 atom stereocenters. The van der Waals surface area contributed by atoms with Crippen LogP contribution >= 0.6 is 11.6 Å². The van der Waals surface area contributed by atoms with Crippen molar-refractivity contribution in [2.24, 2.45) is 5.92 Å². The zero-order valence-electron chi connectivity index (χ0n) is 14.6. The number of carbonyl (C=O) groups is 3. The molecular formula is C18H22ClN3O4. The van der Waals surface area contributed by atoms with Crippen LogP contribution in [-0.2, 0) is 19.1 Å². The van der Waals surface area contributed by atoms with Crippen molar-refractivity contribution >= 4 is 35.2 Å². The Kier molecular flexibility index (Phi) is 5.76. The number of rotatable bonds is 5. The quantitative estimate of drug-likeness (QED) is 0.793. The zero-order valence-corrected chi connectivity index (χ0v) is 15.4. The number of ether oxygens (including phenoxy) is 1. The lowest BCUT2D eigenvalue weighted by molar-refractivity contribution is -0.157. The summed E-state index contributed by atoms with van der Waals surface area (Å²) in [5.41, 5.74) is 0. The highest BCUT2D eigenvalue weighted by Crippen LogP contribution is 2.30. The van der Waals surface area contributed by atoms with Crippen molar-refractivity contribution in [3.05, 3.63) is 23.4 Å². The van der Waals surface area contributed by atoms with Gasteiger partial charge in [0.25, 0.3) is 5.91 Å². The molecule has 0 unspecified atom stereocenters. The molecule has 2 amide bonds. The first-order chi connectivity index (χ1) is 12.4. The van der Waals surface area contributed by atoms with Crippen LogP contribution in [0.2, 0.25) is 5.02 Å². The standard InChI is InChI=1S/C18H22ClN3O4/c1-11(17(24)21-15-7-6-13(19)9-20-15)26-18(25)12-8-16(23)22(10-12)14-4-2-3-5-14/h6-7,9,11-12,14H,2-5,8,10H2,1H3,(H,20,21,24)/t11-,12-/m0/s1. The van der Waals surface area contributed by atoms with Crippen LogP contribution < -0.4 is 5.32 Å². The fraction of sp³-hybridized carbons (Fsp3) is 0.556. The Balaban J connectivity index is 1.51. The molecule has 1 saturated heterocycles. The third-order valence-corrected chi connectivity index (χ3v) is 5.12. The van der Waals surface area contributed by atoms with Gasteiger partial charge in [0.15, 0.2) is 6.10 Å². The van der Waals surface area contributed by atoms with Crippen LogP contribution in [0.15, 0.2) is 18.3 Å². The first-order valence-electron chi connectivity index (χ1n) is 8.86. The minimum Gasteiger partial charge on any atom is -0.452 e. The summed E-state index contributed by atoms with van der Waals surface area (Å²) in [5, 5.41) is 3.02. The van der Waals surface area contributed by atoms with E-state index in [2.05, 4.69) is 10.3 Å². The normalized spacial score (nSPS) is 21.7. The zero-order chi connectivity index (χ0) is 18.7. The van der Waals surface area contributed by atoms with E-state index in [0.29, 0.717) is 17.4 Å². The number of pyridine rings is 1. The molecule has 140 valence electrons. The summed E-state index contributed by atoms with van der Waals surface area (Å²) in [5.74, 6) is -1.17. The third kappa shape index (κ3) is 4.33. The predicted molar refractivity (Wildman–Crippen MR) is 95.5 cm³/mol. The van der Waals surface area contributed by atoms with E-state index in [-0.39, 0.29) is 18.4 Å². The molecule has 8 heteroatoms. The fourth-order valence-corrected chi connectivity index (χ4v) is 3.57. The smallest absolute Gasteiger partial charge is 0.312 e. The Morgan fingerprint density at radius 1 is 1.35 bits per heavy atom. The maximum Gasteiger partial charge on any atom is 0.312 e. The van der Waals surface area contributed by atoms with Gasteiger partial charge in [-0.3, -0.25) is 14.4 Å². The number of hydrogen-bond donors (Lipinski definition) is 1. The van der Waals surface area contributed by atoms with Gasteiger partial charge >= 0.3 is 5.97 Å². The van der Waals surface area contributed by atoms with Gasteiger partial charge in [-0.25, -0.2) is 4.98 Å². The van der Waals surface area contributed by atoms with Gasteiger partial charge in [-0.15, -0.1) is 0 Å². The number of aromatic nitrogens is 1. The van der Waals surface area contributed by atoms with Crippen molar-refractivity contribution in [3.63, 3.8) is 0 Å². The van der Waals surface area contributed by atoms with Crippen LogP contribution in [0.3, 0.4) is 0 Å². The van der Waals surface area contributed by atoms with Gasteiger partial charge in [0, 0.05) is 25.2 Å². The Bertz CT molecular complexity index is 688. The summed E-state index contributed by atoms with van der Waals surface area (Å²) < 4.78 is 5.27. The molecule has 1 aliphatic heterocycles. The summed E-state index contributed by atoms with van der Waals surface area (Å²) in [7, 11) is 0. The van der Waals surface area contributed by atoms with Crippen LogP contribution in [0, 0.1) is 5.92 Å². The monoisotopic (exact) mass is 379 g/mol. The second-order valence-corrected chi connectivity index (χ2v) is 7.25. The van der Waals surface area contributed by atoms with Crippen LogP contribution in [0.1, 0.15) is 39.0 Å². The van der Waals surface area contributed by atoms with Crippen molar-refractivity contribution in [3.8, 4) is 0 Å². The van der Waals surface area contributed by atoms with Gasteiger partial charge in [-0.1, -0.05) is 24.4 Å². The van der Waals surface area contributed by atoms with Crippen LogP contribution in [0.5, 0.6) is 0 Å². The van der Waals surface area contributed by atoms with E-state index < -0.39 is 23.9 Å². The average molecular weight is 380 g/mol. The minimum atomic E-state index is -0.976. The predicted octanol–water partition coefficient (Wildman–Crippen LogP) is 2.40. The highest BCUT2D eigenvalue weighted by molar-refractivity contribution is 6.30. The number of halogens is 1. The van der Waals surface area contributed by atoms with E-state index in [1.807, 2.05) is 0 Å². The Morgan fingerprint density at radius 2 is 2.08 bits per heavy atom. The maximum absolute atomic E-state index is 12.3. The highest BCUT2D eigenvalue weighted by atomic mass is 35.5. The molecule has 2 aliphatic rings. The van der Waals surface area contributed by atoms with Gasteiger partial charge in [-0.05, 0) is 31.9 Å². The molecule has 0 spiro atoms. The molecule has 0 radical (unpaired) electrons. The lowest BCUT2D eigenvalue weighted by Crippen LogP contribution is -2.36. The number of likely N-dealkylation sites (tertiary alicyclic amines) is 1. The van der Waals surface area contributed by atoms with E-state index in [0.717, 1.165) is 25.7 Å². The molecule has 1 N–H and O–H groups in total. The number of nitrogens with zero attached hydrogens (tertiary/aromatic N) is 2. The first kappa shape index (κ1) is 18.6. The molecular weight excluding hydrogens is 358 g/mol. The molecule has 0 aromatic carbocycles. The molecule has 7 nitrogen and oxygen atoms in total. The highest BCUT2D eigenvalue weighted by Gasteiger charge is 2.40. The SMILES string of the molecule is C[C@H](OC(=O)[C@H]1CC(=O)N(C2CCCC2)C1)C(=O)Nc1ccc(Cl)cn1. The molecule has 1 saturated carbocycles. The minimum absolute atomic E-state index is 0.00122. The molecule has 0 bridgehead atoms. The number of anilines is 1. The molecule has 1 aromatic rings. The van der Waals surface area contributed by atoms with Crippen LogP contribution in [0.4, 0.5) is 5.82 Å². The number of nitrogens with one attached hydrogen (secondary N) is 1. The van der Waals surface area contributed by atoms with Crippen LogP contribution in [-0.4, -0.2) is 46.4 Å². The van der Waals surface area contributed by atoms with Crippen molar-refractivity contribution < 1.29 is 19.1 Å². The van der Waals surface area contributed by atoms with Gasteiger partial charge in [0.05, 0.1) is 10.9 Å². The topological polar surface area (TPSA) is 88.6 Å². The number of amides is 2.